The number of amides is 4. The second-order valence-electron chi connectivity index (χ2n) is 11.9. The fraction of sp³-hybridized carbons (Fsp3) is 0.286. The van der Waals surface area contributed by atoms with Crippen molar-refractivity contribution in [1.82, 2.24) is 15.2 Å². The van der Waals surface area contributed by atoms with Crippen LogP contribution in [-0.2, 0) is 20.9 Å². The minimum atomic E-state index is -0.658. The number of carbonyl (C=O) groups is 4. The average molecular weight is 588 g/mol. The van der Waals surface area contributed by atoms with Crippen molar-refractivity contribution in [1.29, 1.82) is 0 Å². The van der Waals surface area contributed by atoms with E-state index in [-0.39, 0.29) is 36.6 Å². The van der Waals surface area contributed by atoms with Crippen molar-refractivity contribution in [2.24, 2.45) is 5.92 Å². The van der Waals surface area contributed by atoms with Gasteiger partial charge in [-0.25, -0.2) is 4.98 Å². The smallest absolute Gasteiger partial charge is 0.255 e. The van der Waals surface area contributed by atoms with Crippen molar-refractivity contribution in [2.45, 2.75) is 44.7 Å². The molecule has 0 bridgehead atoms. The van der Waals surface area contributed by atoms with Crippen LogP contribution >= 0.6 is 0 Å². The van der Waals surface area contributed by atoms with Crippen LogP contribution < -0.4 is 15.5 Å². The first kappa shape index (κ1) is 27.8. The molecule has 1 unspecified atom stereocenters. The SMILES string of the molecule is O=C1CCC(N2Cc3cc(NC(=O)CC4CCN(c5ccc(-c6ccc7ccccc7c6)cn5)CC4)ccc3C2=O)C(=O)N1. The fourth-order valence-corrected chi connectivity index (χ4v) is 6.61. The van der Waals surface area contributed by atoms with Crippen molar-refractivity contribution in [2.75, 3.05) is 23.3 Å². The molecule has 4 heterocycles. The van der Waals surface area contributed by atoms with Crippen molar-refractivity contribution < 1.29 is 19.2 Å². The molecule has 2 N–H and O–H groups in total. The van der Waals surface area contributed by atoms with E-state index >= 15 is 0 Å². The third-order valence-electron chi connectivity index (χ3n) is 9.05. The van der Waals surface area contributed by atoms with E-state index in [0.29, 0.717) is 24.1 Å². The van der Waals surface area contributed by atoms with Gasteiger partial charge in [0.2, 0.25) is 17.7 Å². The number of benzene rings is 3. The lowest BCUT2D eigenvalue weighted by Gasteiger charge is -2.32. The minimum absolute atomic E-state index is 0.0485. The molecule has 3 aliphatic heterocycles. The molecule has 7 rings (SSSR count). The molecular formula is C35H33N5O4. The lowest BCUT2D eigenvalue weighted by molar-refractivity contribution is -0.137. The number of aromatic nitrogens is 1. The van der Waals surface area contributed by atoms with Crippen LogP contribution in [0.25, 0.3) is 21.9 Å². The van der Waals surface area contributed by atoms with Crippen LogP contribution in [0.4, 0.5) is 11.5 Å². The van der Waals surface area contributed by atoms with E-state index in [9.17, 15) is 19.2 Å². The number of piperidine rings is 2. The Morgan fingerprint density at radius 1 is 0.886 bits per heavy atom. The zero-order chi connectivity index (χ0) is 30.2. The first-order valence-corrected chi connectivity index (χ1v) is 15.2. The lowest BCUT2D eigenvalue weighted by Crippen LogP contribution is -2.52. The largest absolute Gasteiger partial charge is 0.357 e. The Kier molecular flexibility index (Phi) is 7.29. The summed E-state index contributed by atoms with van der Waals surface area (Å²) in [6.07, 6.45) is 4.71. The Bertz CT molecular complexity index is 1780. The molecule has 3 aliphatic rings. The fourth-order valence-electron chi connectivity index (χ4n) is 6.61. The molecule has 0 saturated carbocycles. The second-order valence-corrected chi connectivity index (χ2v) is 11.9. The number of rotatable bonds is 6. The maximum absolute atomic E-state index is 12.9. The third-order valence-corrected chi connectivity index (χ3v) is 9.05. The standard InChI is InChI=1S/C35H33N5O4/c41-32-12-10-30(34(43)38-32)40-21-27-19-28(8-9-29(27)35(40)44)37-33(42)17-22-13-15-39(16-14-22)31-11-7-26(20-36-31)25-6-5-23-3-1-2-4-24(23)18-25/h1-9,11,18-20,22,30H,10,12-17,21H2,(H,37,42)(H,38,41,43). The molecule has 4 aromatic rings. The topological polar surface area (TPSA) is 112 Å². The molecule has 1 atom stereocenters. The first-order valence-electron chi connectivity index (χ1n) is 15.2. The molecule has 1 aromatic heterocycles. The van der Waals surface area contributed by atoms with Crippen molar-refractivity contribution >= 4 is 45.9 Å². The highest BCUT2D eigenvalue weighted by Gasteiger charge is 2.39. The molecular weight excluding hydrogens is 554 g/mol. The van der Waals surface area contributed by atoms with E-state index in [4.69, 9.17) is 4.98 Å². The van der Waals surface area contributed by atoms with Crippen molar-refractivity contribution in [3.05, 3.63) is 90.1 Å². The summed E-state index contributed by atoms with van der Waals surface area (Å²) in [5, 5.41) is 7.75. The number of hydrogen-bond acceptors (Lipinski definition) is 6. The van der Waals surface area contributed by atoms with Crippen LogP contribution in [0.1, 0.15) is 48.0 Å². The van der Waals surface area contributed by atoms with E-state index in [0.717, 1.165) is 48.4 Å². The van der Waals surface area contributed by atoms with E-state index < -0.39 is 11.9 Å². The van der Waals surface area contributed by atoms with Gasteiger partial charge < -0.3 is 15.1 Å². The number of nitrogens with one attached hydrogen (secondary N) is 2. The van der Waals surface area contributed by atoms with Crippen LogP contribution in [0.15, 0.2) is 79.0 Å². The van der Waals surface area contributed by atoms with Gasteiger partial charge in [-0.1, -0.05) is 36.4 Å². The van der Waals surface area contributed by atoms with Gasteiger partial charge in [-0.05, 0) is 83.5 Å². The number of pyridine rings is 1. The normalized spacial score (nSPS) is 18.8. The average Bonchev–Trinajstić information content (AvgIpc) is 3.36. The molecule has 0 spiro atoms. The molecule has 2 saturated heterocycles. The Morgan fingerprint density at radius 3 is 2.45 bits per heavy atom. The van der Waals surface area contributed by atoms with Crippen LogP contribution in [0.5, 0.6) is 0 Å². The quantitative estimate of drug-likeness (QED) is 0.310. The van der Waals surface area contributed by atoms with E-state index in [2.05, 4.69) is 64.1 Å². The van der Waals surface area contributed by atoms with Gasteiger partial charge in [0, 0.05) is 55.5 Å². The van der Waals surface area contributed by atoms with E-state index in [1.54, 1.807) is 12.1 Å². The molecule has 3 aromatic carbocycles. The summed E-state index contributed by atoms with van der Waals surface area (Å²) in [6.45, 7) is 1.97. The molecule has 0 radical (unpaired) electrons. The molecule has 2 fully saturated rings. The zero-order valence-electron chi connectivity index (χ0n) is 24.3. The zero-order valence-corrected chi connectivity index (χ0v) is 24.3. The Hall–Kier alpha value is -5.05. The van der Waals surface area contributed by atoms with Gasteiger partial charge in [-0.15, -0.1) is 0 Å². The van der Waals surface area contributed by atoms with Gasteiger partial charge in [-0.2, -0.15) is 0 Å². The predicted octanol–water partition coefficient (Wildman–Crippen LogP) is 4.91. The number of imide groups is 1. The molecule has 4 amide bonds. The van der Waals surface area contributed by atoms with Gasteiger partial charge in [0.05, 0.1) is 0 Å². The van der Waals surface area contributed by atoms with Gasteiger partial charge in [0.15, 0.2) is 0 Å². The Labute approximate surface area is 255 Å². The molecule has 44 heavy (non-hydrogen) atoms. The first-order chi connectivity index (χ1) is 21.4. The molecule has 222 valence electrons. The van der Waals surface area contributed by atoms with Crippen LogP contribution in [0, 0.1) is 5.92 Å². The van der Waals surface area contributed by atoms with E-state index in [1.165, 1.54) is 15.7 Å². The number of hydrogen-bond donors (Lipinski definition) is 2. The summed E-state index contributed by atoms with van der Waals surface area (Å²) in [4.78, 5) is 58.2. The maximum atomic E-state index is 12.9. The summed E-state index contributed by atoms with van der Waals surface area (Å²) in [6, 6.07) is 23.6. The highest BCUT2D eigenvalue weighted by molar-refractivity contribution is 6.05. The Morgan fingerprint density at radius 2 is 1.68 bits per heavy atom. The second kappa shape index (κ2) is 11.6. The monoisotopic (exact) mass is 587 g/mol. The summed E-state index contributed by atoms with van der Waals surface area (Å²) < 4.78 is 0. The van der Waals surface area contributed by atoms with E-state index in [1.807, 2.05) is 18.3 Å². The lowest BCUT2D eigenvalue weighted by atomic mass is 9.93. The number of carbonyl (C=O) groups excluding carboxylic acids is 4. The van der Waals surface area contributed by atoms with Gasteiger partial charge in [-0.3, -0.25) is 24.5 Å². The number of fused-ring (bicyclic) bond motifs is 2. The maximum Gasteiger partial charge on any atom is 0.255 e. The summed E-state index contributed by atoms with van der Waals surface area (Å²) in [7, 11) is 0. The predicted molar refractivity (Wildman–Crippen MR) is 168 cm³/mol. The Balaban J connectivity index is 0.913. The number of nitrogens with zero attached hydrogens (tertiary/aromatic N) is 3. The summed E-state index contributed by atoms with van der Waals surface area (Å²) in [5.41, 5.74) is 4.17. The highest BCUT2D eigenvalue weighted by Crippen LogP contribution is 2.31. The molecule has 9 heteroatoms. The summed E-state index contributed by atoms with van der Waals surface area (Å²) in [5.74, 6) is 0.216. The highest BCUT2D eigenvalue weighted by atomic mass is 16.2. The van der Waals surface area contributed by atoms with Gasteiger partial charge >= 0.3 is 0 Å². The summed E-state index contributed by atoms with van der Waals surface area (Å²) >= 11 is 0. The number of anilines is 2. The van der Waals surface area contributed by atoms with Crippen molar-refractivity contribution in [3.8, 4) is 11.1 Å². The van der Waals surface area contributed by atoms with Gasteiger partial charge in [0.1, 0.15) is 11.9 Å². The van der Waals surface area contributed by atoms with Gasteiger partial charge in [0.25, 0.3) is 5.91 Å². The third kappa shape index (κ3) is 5.53. The van der Waals surface area contributed by atoms with Crippen LogP contribution in [0.3, 0.4) is 0 Å². The van der Waals surface area contributed by atoms with Crippen LogP contribution in [-0.4, -0.2) is 52.6 Å². The molecule has 0 aliphatic carbocycles. The van der Waals surface area contributed by atoms with Crippen LogP contribution in [0.2, 0.25) is 0 Å². The molecule has 9 nitrogen and oxygen atoms in total. The minimum Gasteiger partial charge on any atom is -0.357 e. The van der Waals surface area contributed by atoms with Crippen molar-refractivity contribution in [3.63, 3.8) is 0 Å².